The van der Waals surface area contributed by atoms with Crippen molar-refractivity contribution < 1.29 is 14.3 Å². The summed E-state index contributed by atoms with van der Waals surface area (Å²) in [7, 11) is 1.58. The molecule has 0 spiro atoms. The molecule has 1 saturated heterocycles. The van der Waals surface area contributed by atoms with E-state index in [0.29, 0.717) is 35.2 Å². The third-order valence-corrected chi connectivity index (χ3v) is 5.03. The van der Waals surface area contributed by atoms with Crippen molar-refractivity contribution in [3.8, 4) is 5.75 Å². The molecule has 0 bridgehead atoms. The highest BCUT2D eigenvalue weighted by Crippen LogP contribution is 2.38. The summed E-state index contributed by atoms with van der Waals surface area (Å²) in [6.07, 6.45) is 4.83. The maximum absolute atomic E-state index is 12.4. The standard InChI is InChI=1S/C17H17N5O3S/c1-24-12-10-19-15(22-6-8-25-9-7-22)14-13(12)20-17(26-14)21-16(23)11-2-4-18-5-3-11/h2-5,10H,6-9H2,1H3,(H,20,21,23). The van der Waals surface area contributed by atoms with Crippen molar-refractivity contribution in [1.29, 1.82) is 0 Å². The van der Waals surface area contributed by atoms with Crippen LogP contribution >= 0.6 is 11.3 Å². The van der Waals surface area contributed by atoms with E-state index in [1.807, 2.05) is 0 Å². The molecule has 3 aromatic heterocycles. The van der Waals surface area contributed by atoms with Gasteiger partial charge < -0.3 is 14.4 Å². The number of fused-ring (bicyclic) bond motifs is 1. The molecule has 3 aromatic rings. The van der Waals surface area contributed by atoms with Crippen LogP contribution < -0.4 is 15.0 Å². The van der Waals surface area contributed by atoms with E-state index in [2.05, 4.69) is 25.2 Å². The topological polar surface area (TPSA) is 89.5 Å². The molecule has 0 radical (unpaired) electrons. The number of ether oxygens (including phenoxy) is 2. The zero-order valence-corrected chi connectivity index (χ0v) is 15.0. The molecule has 1 N–H and O–H groups in total. The van der Waals surface area contributed by atoms with Gasteiger partial charge in [-0.3, -0.25) is 15.1 Å². The minimum atomic E-state index is -0.230. The zero-order valence-electron chi connectivity index (χ0n) is 14.1. The number of nitrogens with one attached hydrogen (secondary N) is 1. The van der Waals surface area contributed by atoms with Crippen LogP contribution in [-0.4, -0.2) is 54.3 Å². The van der Waals surface area contributed by atoms with E-state index in [1.165, 1.54) is 11.3 Å². The predicted molar refractivity (Wildman–Crippen MR) is 99.2 cm³/mol. The first kappa shape index (κ1) is 16.7. The Bertz CT molecular complexity index is 925. The summed E-state index contributed by atoms with van der Waals surface area (Å²) >= 11 is 1.39. The van der Waals surface area contributed by atoms with E-state index in [0.717, 1.165) is 23.6 Å². The van der Waals surface area contributed by atoms with E-state index in [-0.39, 0.29) is 5.91 Å². The van der Waals surface area contributed by atoms with Crippen molar-refractivity contribution in [1.82, 2.24) is 15.0 Å². The van der Waals surface area contributed by atoms with Gasteiger partial charge >= 0.3 is 0 Å². The first-order valence-electron chi connectivity index (χ1n) is 8.14. The minimum Gasteiger partial charge on any atom is -0.493 e. The van der Waals surface area contributed by atoms with Crippen molar-refractivity contribution in [3.05, 3.63) is 36.3 Å². The number of amides is 1. The molecule has 134 valence electrons. The number of nitrogens with zero attached hydrogens (tertiary/aromatic N) is 4. The molecule has 1 amide bonds. The van der Waals surface area contributed by atoms with Crippen molar-refractivity contribution >= 4 is 38.4 Å². The van der Waals surface area contributed by atoms with E-state index < -0.39 is 0 Å². The van der Waals surface area contributed by atoms with Gasteiger partial charge in [-0.2, -0.15) is 0 Å². The van der Waals surface area contributed by atoms with Gasteiger partial charge in [-0.15, -0.1) is 0 Å². The number of hydrogen-bond acceptors (Lipinski definition) is 8. The van der Waals surface area contributed by atoms with Gasteiger partial charge in [-0.1, -0.05) is 11.3 Å². The van der Waals surface area contributed by atoms with Crippen LogP contribution in [0.5, 0.6) is 5.75 Å². The fourth-order valence-corrected chi connectivity index (χ4v) is 3.74. The Morgan fingerprint density at radius 3 is 2.81 bits per heavy atom. The summed E-state index contributed by atoms with van der Waals surface area (Å²) in [5.41, 5.74) is 1.22. The summed E-state index contributed by atoms with van der Waals surface area (Å²) < 4.78 is 11.7. The minimum absolute atomic E-state index is 0.230. The number of rotatable bonds is 4. The Balaban J connectivity index is 1.69. The van der Waals surface area contributed by atoms with E-state index >= 15 is 0 Å². The number of hydrogen-bond donors (Lipinski definition) is 1. The number of carbonyl (C=O) groups is 1. The lowest BCUT2D eigenvalue weighted by Gasteiger charge is -2.28. The molecule has 26 heavy (non-hydrogen) atoms. The van der Waals surface area contributed by atoms with Crippen molar-refractivity contribution in [2.24, 2.45) is 0 Å². The van der Waals surface area contributed by atoms with Crippen LogP contribution in [0.3, 0.4) is 0 Å². The Labute approximate surface area is 153 Å². The Kier molecular flexibility index (Phi) is 4.63. The van der Waals surface area contributed by atoms with Crippen molar-refractivity contribution in [2.75, 3.05) is 43.6 Å². The van der Waals surface area contributed by atoms with Gasteiger partial charge in [-0.05, 0) is 12.1 Å². The van der Waals surface area contributed by atoms with Gasteiger partial charge in [0.2, 0.25) is 0 Å². The Morgan fingerprint density at radius 2 is 2.08 bits per heavy atom. The number of carbonyl (C=O) groups excluding carboxylic acids is 1. The molecule has 1 fully saturated rings. The lowest BCUT2D eigenvalue weighted by Crippen LogP contribution is -2.36. The van der Waals surface area contributed by atoms with Gasteiger partial charge in [0.25, 0.3) is 5.91 Å². The third-order valence-electron chi connectivity index (χ3n) is 4.06. The second-order valence-corrected chi connectivity index (χ2v) is 6.64. The highest BCUT2D eigenvalue weighted by atomic mass is 32.1. The number of morpholine rings is 1. The molecule has 1 aliphatic heterocycles. The monoisotopic (exact) mass is 371 g/mol. The number of pyridine rings is 2. The van der Waals surface area contributed by atoms with Gasteiger partial charge in [0.05, 0.1) is 26.5 Å². The molecule has 9 heteroatoms. The maximum Gasteiger partial charge on any atom is 0.257 e. The number of methoxy groups -OCH3 is 1. The second-order valence-electron chi connectivity index (χ2n) is 5.64. The second kappa shape index (κ2) is 7.22. The van der Waals surface area contributed by atoms with Crippen LogP contribution in [0.4, 0.5) is 10.9 Å². The van der Waals surface area contributed by atoms with E-state index in [4.69, 9.17) is 9.47 Å². The van der Waals surface area contributed by atoms with Gasteiger partial charge in [-0.25, -0.2) is 9.97 Å². The van der Waals surface area contributed by atoms with E-state index in [9.17, 15) is 4.79 Å². The quantitative estimate of drug-likeness (QED) is 0.752. The molecular weight excluding hydrogens is 354 g/mol. The predicted octanol–water partition coefficient (Wildman–Crippen LogP) is 2.18. The molecule has 1 aliphatic rings. The Hall–Kier alpha value is -2.78. The molecule has 0 unspecified atom stereocenters. The maximum atomic E-state index is 12.4. The summed E-state index contributed by atoms with van der Waals surface area (Å²) in [6, 6.07) is 3.31. The van der Waals surface area contributed by atoms with Crippen LogP contribution in [0, 0.1) is 0 Å². The highest BCUT2D eigenvalue weighted by Gasteiger charge is 2.21. The fraction of sp³-hybridized carbons (Fsp3) is 0.294. The molecule has 4 heterocycles. The molecular formula is C17H17N5O3S. The lowest BCUT2D eigenvalue weighted by molar-refractivity contribution is 0.102. The summed E-state index contributed by atoms with van der Waals surface area (Å²) in [5.74, 6) is 1.19. The fourth-order valence-electron chi connectivity index (χ4n) is 2.75. The van der Waals surface area contributed by atoms with Crippen LogP contribution in [0.1, 0.15) is 10.4 Å². The van der Waals surface area contributed by atoms with Crippen LogP contribution in [0.15, 0.2) is 30.7 Å². The van der Waals surface area contributed by atoms with Gasteiger partial charge in [0, 0.05) is 31.0 Å². The molecule has 0 atom stereocenters. The highest BCUT2D eigenvalue weighted by molar-refractivity contribution is 7.23. The van der Waals surface area contributed by atoms with Gasteiger partial charge in [0.15, 0.2) is 10.9 Å². The lowest BCUT2D eigenvalue weighted by atomic mass is 10.2. The first-order valence-corrected chi connectivity index (χ1v) is 8.95. The molecule has 0 aromatic carbocycles. The van der Waals surface area contributed by atoms with Crippen LogP contribution in [0.25, 0.3) is 10.2 Å². The molecule has 0 aliphatic carbocycles. The molecule has 8 nitrogen and oxygen atoms in total. The summed E-state index contributed by atoms with van der Waals surface area (Å²) in [6.45, 7) is 2.87. The number of thiazole rings is 1. The molecule has 4 rings (SSSR count). The van der Waals surface area contributed by atoms with Crippen molar-refractivity contribution in [3.63, 3.8) is 0 Å². The average Bonchev–Trinajstić information content (AvgIpc) is 3.12. The smallest absolute Gasteiger partial charge is 0.257 e. The average molecular weight is 371 g/mol. The molecule has 0 saturated carbocycles. The first-order chi connectivity index (χ1) is 12.8. The number of aromatic nitrogens is 3. The van der Waals surface area contributed by atoms with Crippen molar-refractivity contribution in [2.45, 2.75) is 0 Å². The Morgan fingerprint density at radius 1 is 1.31 bits per heavy atom. The number of anilines is 2. The SMILES string of the molecule is COc1cnc(N2CCOCC2)c2sc(NC(=O)c3ccncc3)nc12. The van der Waals surface area contributed by atoms with Gasteiger partial charge in [0.1, 0.15) is 16.0 Å². The van der Waals surface area contributed by atoms with Crippen LogP contribution in [0.2, 0.25) is 0 Å². The largest absolute Gasteiger partial charge is 0.493 e. The van der Waals surface area contributed by atoms with Crippen LogP contribution in [-0.2, 0) is 4.74 Å². The third kappa shape index (κ3) is 3.18. The summed E-state index contributed by atoms with van der Waals surface area (Å²) in [4.78, 5) is 27.6. The van der Waals surface area contributed by atoms with E-state index in [1.54, 1.807) is 37.8 Å². The zero-order chi connectivity index (χ0) is 17.9. The normalized spacial score (nSPS) is 14.4. The summed E-state index contributed by atoms with van der Waals surface area (Å²) in [5, 5.41) is 3.35.